The number of rotatable bonds is 3. The Balaban J connectivity index is 1.62. The third-order valence-electron chi connectivity index (χ3n) is 4.58. The average molecular weight is 402 g/mol. The lowest BCUT2D eigenvalue weighted by Crippen LogP contribution is -2.31. The van der Waals surface area contributed by atoms with Crippen molar-refractivity contribution in [3.05, 3.63) is 71.9 Å². The number of hydrogen-bond acceptors (Lipinski definition) is 6. The molecule has 1 N–H and O–H groups in total. The molecule has 0 amide bonds. The highest BCUT2D eigenvalue weighted by Gasteiger charge is 2.30. The smallest absolute Gasteiger partial charge is 0.416 e. The first-order valence-corrected chi connectivity index (χ1v) is 8.91. The number of halogens is 3. The first-order valence-electron chi connectivity index (χ1n) is 8.91. The van der Waals surface area contributed by atoms with Crippen LogP contribution in [-0.4, -0.2) is 38.1 Å². The van der Waals surface area contributed by atoms with Gasteiger partial charge in [0.05, 0.1) is 17.8 Å². The second-order valence-corrected chi connectivity index (χ2v) is 6.51. The molecule has 3 aromatic rings. The minimum Gasteiger partial charge on any atom is -0.490 e. The fourth-order valence-corrected chi connectivity index (χ4v) is 3.09. The van der Waals surface area contributed by atoms with Gasteiger partial charge in [-0.25, -0.2) is 15.0 Å². The molecule has 29 heavy (non-hydrogen) atoms. The van der Waals surface area contributed by atoms with E-state index in [0.717, 1.165) is 12.1 Å². The molecule has 0 fully saturated rings. The zero-order valence-corrected chi connectivity index (χ0v) is 15.2. The van der Waals surface area contributed by atoms with Crippen LogP contribution in [0.5, 0.6) is 5.75 Å². The van der Waals surface area contributed by atoms with Crippen molar-refractivity contribution in [1.29, 1.82) is 0 Å². The summed E-state index contributed by atoms with van der Waals surface area (Å²) in [6, 6.07) is 9.77. The first kappa shape index (κ1) is 19.3. The van der Waals surface area contributed by atoms with Crippen molar-refractivity contribution in [1.82, 2.24) is 19.9 Å². The summed E-state index contributed by atoms with van der Waals surface area (Å²) in [5, 5.41) is 10.9. The molecule has 2 aromatic heterocycles. The Labute approximate surface area is 164 Å². The van der Waals surface area contributed by atoms with Crippen LogP contribution in [0.25, 0.3) is 11.3 Å². The Kier molecular flexibility index (Phi) is 5.16. The van der Waals surface area contributed by atoms with Gasteiger partial charge in [0.1, 0.15) is 23.9 Å². The van der Waals surface area contributed by atoms with Crippen molar-refractivity contribution in [2.24, 2.45) is 0 Å². The predicted octanol–water partition coefficient (Wildman–Crippen LogP) is 3.44. The molecule has 1 aliphatic heterocycles. The van der Waals surface area contributed by atoms with Crippen LogP contribution in [0.3, 0.4) is 0 Å². The lowest BCUT2D eigenvalue weighted by Gasteiger charge is -2.24. The van der Waals surface area contributed by atoms with Gasteiger partial charge in [-0.2, -0.15) is 13.2 Å². The zero-order valence-electron chi connectivity index (χ0n) is 15.2. The van der Waals surface area contributed by atoms with Crippen LogP contribution in [0.1, 0.15) is 23.3 Å². The Morgan fingerprint density at radius 2 is 1.79 bits per heavy atom. The van der Waals surface area contributed by atoms with Gasteiger partial charge in [0.2, 0.25) is 0 Å². The molecular weight excluding hydrogens is 385 g/mol. The van der Waals surface area contributed by atoms with Gasteiger partial charge in [-0.3, -0.25) is 4.90 Å². The lowest BCUT2D eigenvalue weighted by molar-refractivity contribution is -0.137. The van der Waals surface area contributed by atoms with Crippen LogP contribution in [0.15, 0.2) is 54.9 Å². The van der Waals surface area contributed by atoms with Crippen molar-refractivity contribution in [3.8, 4) is 17.0 Å². The van der Waals surface area contributed by atoms with Crippen molar-refractivity contribution in [2.75, 3.05) is 13.2 Å². The van der Waals surface area contributed by atoms with Crippen LogP contribution in [0.4, 0.5) is 13.2 Å². The summed E-state index contributed by atoms with van der Waals surface area (Å²) in [7, 11) is 0. The van der Waals surface area contributed by atoms with E-state index in [1.165, 1.54) is 12.1 Å². The molecule has 9 heteroatoms. The van der Waals surface area contributed by atoms with E-state index in [1.807, 2.05) is 0 Å². The minimum absolute atomic E-state index is 0.302. The maximum absolute atomic E-state index is 12.8. The second kappa shape index (κ2) is 7.76. The summed E-state index contributed by atoms with van der Waals surface area (Å²) in [5.74, 6) is 0.985. The van der Waals surface area contributed by atoms with E-state index in [9.17, 15) is 18.3 Å². The van der Waals surface area contributed by atoms with Crippen LogP contribution in [0.2, 0.25) is 0 Å². The largest absolute Gasteiger partial charge is 0.490 e. The van der Waals surface area contributed by atoms with Crippen molar-refractivity contribution < 1.29 is 23.0 Å². The van der Waals surface area contributed by atoms with E-state index >= 15 is 0 Å². The Bertz CT molecular complexity index is 981. The fraction of sp³-hybridized carbons (Fsp3) is 0.250. The molecule has 3 heterocycles. The van der Waals surface area contributed by atoms with Gasteiger partial charge in [-0.1, -0.05) is 12.1 Å². The van der Waals surface area contributed by atoms with E-state index in [2.05, 4.69) is 15.0 Å². The number of pyridine rings is 1. The molecule has 1 unspecified atom stereocenters. The van der Waals surface area contributed by atoms with Crippen LogP contribution in [-0.2, 0) is 12.7 Å². The predicted molar refractivity (Wildman–Crippen MR) is 97.6 cm³/mol. The van der Waals surface area contributed by atoms with Crippen LogP contribution < -0.4 is 4.74 Å². The summed E-state index contributed by atoms with van der Waals surface area (Å²) in [6.45, 7) is 1.08. The standard InChI is InChI=1S/C20H17F3N4O2/c21-20(22,23)14-4-2-13(3-5-14)15-6-7-16-18(26-15)19(28)27(10-11-29-16)12-17-24-8-1-9-25-17/h1-9,19,28H,10-12H2. The van der Waals surface area contributed by atoms with E-state index in [0.29, 0.717) is 48.2 Å². The maximum Gasteiger partial charge on any atom is 0.416 e. The number of aliphatic hydroxyl groups is 1. The number of aliphatic hydroxyl groups excluding tert-OH is 1. The van der Waals surface area contributed by atoms with Gasteiger partial charge in [-0.05, 0) is 30.3 Å². The summed E-state index contributed by atoms with van der Waals surface area (Å²) in [4.78, 5) is 14.5. The van der Waals surface area contributed by atoms with E-state index < -0.39 is 18.0 Å². The first-order chi connectivity index (χ1) is 13.9. The molecular formula is C20H17F3N4O2. The SMILES string of the molecule is OC1c2nc(-c3ccc(C(F)(F)F)cc3)ccc2OCCN1Cc1ncccn1. The highest BCUT2D eigenvalue weighted by molar-refractivity contribution is 5.61. The Hall–Kier alpha value is -3.04. The minimum atomic E-state index is -4.40. The van der Waals surface area contributed by atoms with E-state index in [-0.39, 0.29) is 0 Å². The van der Waals surface area contributed by atoms with Gasteiger partial charge in [-0.15, -0.1) is 0 Å². The second-order valence-electron chi connectivity index (χ2n) is 6.51. The quantitative estimate of drug-likeness (QED) is 0.724. The number of nitrogens with zero attached hydrogens (tertiary/aromatic N) is 4. The molecule has 0 saturated heterocycles. The molecule has 0 bridgehead atoms. The fourth-order valence-electron chi connectivity index (χ4n) is 3.09. The molecule has 4 rings (SSSR count). The molecule has 1 atom stereocenters. The van der Waals surface area contributed by atoms with Crippen molar-refractivity contribution in [2.45, 2.75) is 18.9 Å². The van der Waals surface area contributed by atoms with Crippen LogP contribution in [0, 0.1) is 0 Å². The van der Waals surface area contributed by atoms with Gasteiger partial charge in [0.25, 0.3) is 0 Å². The van der Waals surface area contributed by atoms with Gasteiger partial charge < -0.3 is 9.84 Å². The number of alkyl halides is 3. The molecule has 6 nitrogen and oxygen atoms in total. The van der Waals surface area contributed by atoms with Gasteiger partial charge in [0, 0.05) is 24.5 Å². The molecule has 150 valence electrons. The summed E-state index contributed by atoms with van der Waals surface area (Å²) in [5.41, 5.74) is 0.525. The topological polar surface area (TPSA) is 71.4 Å². The molecule has 0 aliphatic carbocycles. The number of fused-ring (bicyclic) bond motifs is 1. The number of aromatic nitrogens is 3. The normalized spacial score (nSPS) is 17.3. The summed E-state index contributed by atoms with van der Waals surface area (Å²) in [6.07, 6.45) is -2.22. The van der Waals surface area contributed by atoms with E-state index in [1.54, 1.807) is 35.5 Å². The maximum atomic E-state index is 12.8. The molecule has 0 saturated carbocycles. The number of hydrogen-bond donors (Lipinski definition) is 1. The Morgan fingerprint density at radius 3 is 2.48 bits per heavy atom. The monoisotopic (exact) mass is 402 g/mol. The molecule has 1 aliphatic rings. The van der Waals surface area contributed by atoms with Crippen molar-refractivity contribution in [3.63, 3.8) is 0 Å². The molecule has 1 aromatic carbocycles. The van der Waals surface area contributed by atoms with Gasteiger partial charge >= 0.3 is 6.18 Å². The highest BCUT2D eigenvalue weighted by atomic mass is 19.4. The average Bonchev–Trinajstić information content (AvgIpc) is 2.87. The summed E-state index contributed by atoms with van der Waals surface area (Å²) < 4.78 is 44.0. The lowest BCUT2D eigenvalue weighted by atomic mass is 10.1. The number of ether oxygens (including phenoxy) is 1. The van der Waals surface area contributed by atoms with Gasteiger partial charge in [0.15, 0.2) is 6.23 Å². The molecule has 0 spiro atoms. The summed E-state index contributed by atoms with van der Waals surface area (Å²) >= 11 is 0. The number of benzene rings is 1. The highest BCUT2D eigenvalue weighted by Crippen LogP contribution is 2.34. The molecule has 0 radical (unpaired) electrons. The third kappa shape index (κ3) is 4.20. The van der Waals surface area contributed by atoms with E-state index in [4.69, 9.17) is 4.74 Å². The Morgan fingerprint density at radius 1 is 1.07 bits per heavy atom. The van der Waals surface area contributed by atoms with Crippen molar-refractivity contribution >= 4 is 0 Å². The van der Waals surface area contributed by atoms with Crippen LogP contribution >= 0.6 is 0 Å². The zero-order chi connectivity index (χ0) is 20.4. The third-order valence-corrected chi connectivity index (χ3v) is 4.58.